The second kappa shape index (κ2) is 10.9. The number of aryl methyl sites for hydroxylation is 1. The van der Waals surface area contributed by atoms with E-state index in [1.165, 1.54) is 11.8 Å². The summed E-state index contributed by atoms with van der Waals surface area (Å²) in [6.45, 7) is 4.46. The van der Waals surface area contributed by atoms with Gasteiger partial charge in [-0.1, -0.05) is 25.1 Å². The minimum absolute atomic E-state index is 0.0455. The summed E-state index contributed by atoms with van der Waals surface area (Å²) in [6.07, 6.45) is 1.56. The fourth-order valence-electron chi connectivity index (χ4n) is 4.93. The van der Waals surface area contributed by atoms with Crippen molar-refractivity contribution < 1.29 is 23.4 Å². The van der Waals surface area contributed by atoms with Gasteiger partial charge >= 0.3 is 0 Å². The molecule has 2 aliphatic rings. The summed E-state index contributed by atoms with van der Waals surface area (Å²) in [5, 5.41) is 10.1. The number of carbonyl (C=O) groups excluding carboxylic acids is 1. The smallest absolute Gasteiger partial charge is 0.267 e. The monoisotopic (exact) mass is 527 g/mol. The number of para-hydroxylation sites is 1. The van der Waals surface area contributed by atoms with Crippen LogP contribution in [0.25, 0.3) is 5.70 Å². The van der Waals surface area contributed by atoms with Gasteiger partial charge in [0.2, 0.25) is 0 Å². The molecule has 4 rings (SSSR count). The number of hydrogen-bond donors (Lipinski definition) is 4. The molecule has 10 heteroatoms. The molecule has 0 radical (unpaired) electrons. The number of amides is 1. The number of nitrogens with zero attached hydrogens (tertiary/aromatic N) is 2. The van der Waals surface area contributed by atoms with E-state index < -0.39 is 24.3 Å². The van der Waals surface area contributed by atoms with Crippen molar-refractivity contribution in [1.82, 2.24) is 9.80 Å². The zero-order chi connectivity index (χ0) is 27.6. The van der Waals surface area contributed by atoms with E-state index in [-0.39, 0.29) is 24.1 Å². The highest BCUT2D eigenvalue weighted by molar-refractivity contribution is 5.94. The molecule has 0 aliphatic carbocycles. The Kier molecular flexibility index (Phi) is 7.82. The number of hydrogen-bond acceptors (Lipinski definition) is 7. The average Bonchev–Trinajstić information content (AvgIpc) is 2.88. The summed E-state index contributed by atoms with van der Waals surface area (Å²) in [6, 6.07) is 11.9. The van der Waals surface area contributed by atoms with E-state index in [1.54, 1.807) is 42.5 Å². The lowest BCUT2D eigenvalue weighted by molar-refractivity contribution is -0.0957. The van der Waals surface area contributed by atoms with Crippen molar-refractivity contribution in [2.45, 2.75) is 32.3 Å². The highest BCUT2D eigenvalue weighted by Crippen LogP contribution is 2.34. The topological polar surface area (TPSA) is 131 Å². The summed E-state index contributed by atoms with van der Waals surface area (Å²) in [7, 11) is 0. The van der Waals surface area contributed by atoms with Gasteiger partial charge in [0.1, 0.15) is 17.7 Å². The van der Waals surface area contributed by atoms with Crippen LogP contribution >= 0.6 is 0 Å². The summed E-state index contributed by atoms with van der Waals surface area (Å²) in [5.74, 6) is -3.91. The first-order chi connectivity index (χ1) is 18.0. The number of carbonyl (C=O) groups is 1. The van der Waals surface area contributed by atoms with E-state index >= 15 is 0 Å². The second-order valence-electron chi connectivity index (χ2n) is 10.0. The first-order valence-electron chi connectivity index (χ1n) is 12.6. The van der Waals surface area contributed by atoms with Gasteiger partial charge in [0.05, 0.1) is 18.8 Å². The minimum atomic E-state index is -2.89. The lowest BCUT2D eigenvalue weighted by atomic mass is 9.94. The van der Waals surface area contributed by atoms with Gasteiger partial charge in [-0.05, 0) is 54.8 Å². The van der Waals surface area contributed by atoms with Crippen LogP contribution in [0.15, 0.2) is 60.1 Å². The number of ether oxygens (including phenoxy) is 1. The van der Waals surface area contributed by atoms with Crippen LogP contribution in [-0.4, -0.2) is 59.5 Å². The first-order valence-corrected chi connectivity index (χ1v) is 12.6. The zero-order valence-electron chi connectivity index (χ0n) is 21.7. The molecule has 0 spiro atoms. The molecule has 1 amide bonds. The van der Waals surface area contributed by atoms with Gasteiger partial charge in [0.25, 0.3) is 11.8 Å². The van der Waals surface area contributed by atoms with Crippen molar-refractivity contribution in [3.8, 4) is 5.75 Å². The number of aromatic hydroxyl groups is 1. The van der Waals surface area contributed by atoms with Gasteiger partial charge in [-0.3, -0.25) is 4.79 Å². The predicted octanol–water partition coefficient (Wildman–Crippen LogP) is 3.28. The van der Waals surface area contributed by atoms with E-state index in [0.717, 1.165) is 11.1 Å². The molecule has 8 nitrogen and oxygen atoms in total. The molecule has 2 fully saturated rings. The first kappa shape index (κ1) is 27.3. The van der Waals surface area contributed by atoms with Gasteiger partial charge in [-0.25, -0.2) is 8.78 Å². The Labute approximate surface area is 221 Å². The van der Waals surface area contributed by atoms with Crippen LogP contribution in [0.1, 0.15) is 46.5 Å². The third-order valence-corrected chi connectivity index (χ3v) is 7.32. The number of phenolic OH excluding ortho intramolecular Hbond substituents is 1. The van der Waals surface area contributed by atoms with E-state index in [1.807, 2.05) is 17.9 Å². The molecular formula is C28H35F2N5O3. The van der Waals surface area contributed by atoms with E-state index in [2.05, 4.69) is 0 Å². The van der Waals surface area contributed by atoms with Crippen LogP contribution in [0.2, 0.25) is 0 Å². The molecule has 2 saturated heterocycles. The maximum absolute atomic E-state index is 14.2. The largest absolute Gasteiger partial charge is 0.507 e. The number of alkyl halides is 2. The summed E-state index contributed by atoms with van der Waals surface area (Å²) < 4.78 is 34.4. The summed E-state index contributed by atoms with van der Waals surface area (Å²) in [4.78, 5) is 16.2. The normalized spacial score (nSPS) is 21.7. The zero-order valence-corrected chi connectivity index (χ0v) is 21.7. The van der Waals surface area contributed by atoms with Gasteiger partial charge in [0, 0.05) is 42.4 Å². The SMILES string of the molecule is Cc1cc(C(=O)N2CCC(C)C(F)(F)C2)ccc1C1CN(C(/C=C(\N)c2ccccc2O)=C(N)N)CCO1. The molecule has 2 aliphatic heterocycles. The van der Waals surface area contributed by atoms with E-state index in [9.17, 15) is 18.7 Å². The van der Waals surface area contributed by atoms with E-state index in [4.69, 9.17) is 21.9 Å². The van der Waals surface area contributed by atoms with Gasteiger partial charge in [0.15, 0.2) is 0 Å². The number of benzene rings is 2. The number of likely N-dealkylation sites (tertiary alicyclic amines) is 1. The molecule has 2 aromatic rings. The van der Waals surface area contributed by atoms with Crippen LogP contribution in [0.4, 0.5) is 8.78 Å². The Hall–Kier alpha value is -3.79. The second-order valence-corrected chi connectivity index (χ2v) is 10.0. The third kappa shape index (κ3) is 5.70. The van der Waals surface area contributed by atoms with Crippen LogP contribution < -0.4 is 17.2 Å². The molecule has 7 N–H and O–H groups in total. The molecule has 204 valence electrons. The van der Waals surface area contributed by atoms with Gasteiger partial charge in [-0.2, -0.15) is 0 Å². The van der Waals surface area contributed by atoms with Crippen molar-refractivity contribution in [2.24, 2.45) is 23.1 Å². The van der Waals surface area contributed by atoms with Crippen molar-refractivity contribution in [3.63, 3.8) is 0 Å². The van der Waals surface area contributed by atoms with Crippen LogP contribution in [0.3, 0.4) is 0 Å². The molecule has 0 saturated carbocycles. The molecule has 0 bridgehead atoms. The number of allylic oxidation sites excluding steroid dienone is 1. The number of morpholine rings is 1. The summed E-state index contributed by atoms with van der Waals surface area (Å²) >= 11 is 0. The molecule has 2 heterocycles. The van der Waals surface area contributed by atoms with Crippen molar-refractivity contribution in [3.05, 3.63) is 82.3 Å². The fraction of sp³-hybridized carbons (Fsp3) is 0.393. The third-order valence-electron chi connectivity index (χ3n) is 7.32. The number of nitrogens with two attached hydrogens (primary N) is 3. The lowest BCUT2D eigenvalue weighted by Crippen LogP contribution is -2.49. The minimum Gasteiger partial charge on any atom is -0.507 e. The lowest BCUT2D eigenvalue weighted by Gasteiger charge is -2.37. The van der Waals surface area contributed by atoms with Gasteiger partial charge in [-0.15, -0.1) is 0 Å². The van der Waals surface area contributed by atoms with Crippen LogP contribution in [-0.2, 0) is 4.74 Å². The van der Waals surface area contributed by atoms with Crippen molar-refractivity contribution in [1.29, 1.82) is 0 Å². The maximum atomic E-state index is 14.2. The molecule has 38 heavy (non-hydrogen) atoms. The molecule has 2 aromatic carbocycles. The Morgan fingerprint density at radius 2 is 1.87 bits per heavy atom. The Bertz CT molecular complexity index is 1260. The van der Waals surface area contributed by atoms with Crippen LogP contribution in [0.5, 0.6) is 5.75 Å². The predicted molar refractivity (Wildman–Crippen MR) is 142 cm³/mol. The number of phenols is 1. The molecule has 0 aromatic heterocycles. The average molecular weight is 528 g/mol. The summed E-state index contributed by atoms with van der Waals surface area (Å²) in [5.41, 5.74) is 21.6. The van der Waals surface area contributed by atoms with Crippen LogP contribution in [0, 0.1) is 12.8 Å². The molecular weight excluding hydrogens is 492 g/mol. The Morgan fingerprint density at radius 3 is 2.53 bits per heavy atom. The number of rotatable bonds is 5. The number of piperidine rings is 1. The molecule has 2 atom stereocenters. The highest BCUT2D eigenvalue weighted by atomic mass is 19.3. The number of halogens is 2. The standard InChI is InChI=1S/C28H35F2N5O3/c1-17-13-19(27(37)35-10-9-18(2)28(29,30)16-35)7-8-20(17)25-15-34(11-12-38-25)23(26(32)33)14-22(31)21-5-3-4-6-24(21)36/h3-8,13-14,18,25,36H,9-12,15-16,31-33H2,1-2H3/b22-14-. The van der Waals surface area contributed by atoms with Crippen molar-refractivity contribution >= 4 is 11.6 Å². The van der Waals surface area contributed by atoms with Gasteiger partial charge < -0.3 is 36.8 Å². The fourth-order valence-corrected chi connectivity index (χ4v) is 4.93. The quantitative estimate of drug-likeness (QED) is 0.439. The maximum Gasteiger partial charge on any atom is 0.267 e. The van der Waals surface area contributed by atoms with Crippen molar-refractivity contribution in [2.75, 3.05) is 32.8 Å². The Balaban J connectivity index is 1.52. The van der Waals surface area contributed by atoms with E-state index in [0.29, 0.717) is 48.8 Å². The molecule has 2 unspecified atom stereocenters. The Morgan fingerprint density at radius 1 is 1.13 bits per heavy atom. The highest BCUT2D eigenvalue weighted by Gasteiger charge is 2.43.